The van der Waals surface area contributed by atoms with Crippen molar-refractivity contribution in [3.63, 3.8) is 0 Å². The average Bonchev–Trinajstić information content (AvgIpc) is 2.59. The van der Waals surface area contributed by atoms with Crippen LogP contribution >= 0.6 is 15.9 Å². The monoisotopic (exact) mass is 324 g/mol. The number of anilines is 1. The molecule has 0 aliphatic carbocycles. The van der Waals surface area contributed by atoms with Crippen molar-refractivity contribution in [1.82, 2.24) is 4.90 Å². The third-order valence-electron chi connectivity index (χ3n) is 3.84. The molecule has 0 aromatic heterocycles. The van der Waals surface area contributed by atoms with Crippen molar-refractivity contribution in [3.8, 4) is 0 Å². The molecule has 0 saturated carbocycles. The van der Waals surface area contributed by atoms with E-state index < -0.39 is 0 Å². The number of hydrogen-bond acceptors (Lipinski definition) is 2. The summed E-state index contributed by atoms with van der Waals surface area (Å²) < 4.78 is 1.18. The van der Waals surface area contributed by atoms with Gasteiger partial charge >= 0.3 is 0 Å². The molecule has 0 radical (unpaired) electrons. The fourth-order valence-corrected chi connectivity index (χ4v) is 3.40. The molecule has 1 saturated heterocycles. The fourth-order valence-electron chi connectivity index (χ4n) is 2.80. The van der Waals surface area contributed by atoms with E-state index in [2.05, 4.69) is 58.2 Å². The van der Waals surface area contributed by atoms with Crippen molar-refractivity contribution < 1.29 is 0 Å². The van der Waals surface area contributed by atoms with Crippen molar-refractivity contribution >= 4 is 21.6 Å². The second kappa shape index (κ2) is 7.30. The van der Waals surface area contributed by atoms with Crippen molar-refractivity contribution in [1.29, 1.82) is 0 Å². The van der Waals surface area contributed by atoms with Gasteiger partial charge in [-0.25, -0.2) is 0 Å². The van der Waals surface area contributed by atoms with Crippen molar-refractivity contribution in [2.24, 2.45) is 0 Å². The summed E-state index contributed by atoms with van der Waals surface area (Å²) in [5, 5.41) is 3.71. The molecule has 1 N–H and O–H groups in total. The summed E-state index contributed by atoms with van der Waals surface area (Å²) in [6, 6.07) is 7.16. The number of rotatable bonds is 4. The summed E-state index contributed by atoms with van der Waals surface area (Å²) in [5.41, 5.74) is 2.53. The lowest BCUT2D eigenvalue weighted by Crippen LogP contribution is -2.27. The van der Waals surface area contributed by atoms with Gasteiger partial charge in [0.1, 0.15) is 0 Å². The maximum Gasteiger partial charge on any atom is 0.0486 e. The van der Waals surface area contributed by atoms with E-state index in [0.29, 0.717) is 6.04 Å². The Kier molecular flexibility index (Phi) is 5.71. The highest BCUT2D eigenvalue weighted by atomic mass is 79.9. The first-order valence-electron chi connectivity index (χ1n) is 7.44. The number of nitrogens with zero attached hydrogens (tertiary/aromatic N) is 1. The molecule has 0 bridgehead atoms. The van der Waals surface area contributed by atoms with Crippen LogP contribution in [0.25, 0.3) is 0 Å². The summed E-state index contributed by atoms with van der Waals surface area (Å²) in [6.07, 6.45) is 5.10. The van der Waals surface area contributed by atoms with Crippen molar-refractivity contribution in [2.45, 2.75) is 45.6 Å². The minimum atomic E-state index is 0.612. The number of hydrogen-bond donors (Lipinski definition) is 1. The van der Waals surface area contributed by atoms with Crippen LogP contribution in [-0.2, 0) is 0 Å². The van der Waals surface area contributed by atoms with Crippen LogP contribution in [0.5, 0.6) is 0 Å². The molecule has 1 heterocycles. The van der Waals surface area contributed by atoms with Gasteiger partial charge in [0, 0.05) is 22.7 Å². The van der Waals surface area contributed by atoms with Crippen LogP contribution in [0.1, 0.15) is 38.2 Å². The van der Waals surface area contributed by atoms with Gasteiger partial charge < -0.3 is 10.2 Å². The second-order valence-corrected chi connectivity index (χ2v) is 6.45. The molecule has 2 rings (SSSR count). The molecular weight excluding hydrogens is 300 g/mol. The summed E-state index contributed by atoms with van der Waals surface area (Å²) in [5.74, 6) is 0. The Morgan fingerprint density at radius 1 is 1.32 bits per heavy atom. The van der Waals surface area contributed by atoms with Crippen LogP contribution in [0.2, 0.25) is 0 Å². The van der Waals surface area contributed by atoms with Gasteiger partial charge in [-0.2, -0.15) is 0 Å². The van der Waals surface area contributed by atoms with E-state index >= 15 is 0 Å². The summed E-state index contributed by atoms with van der Waals surface area (Å²) in [7, 11) is 0. The van der Waals surface area contributed by atoms with Gasteiger partial charge in [0.2, 0.25) is 0 Å². The van der Waals surface area contributed by atoms with Gasteiger partial charge in [0.05, 0.1) is 0 Å². The van der Waals surface area contributed by atoms with Crippen LogP contribution in [0.4, 0.5) is 5.69 Å². The molecule has 1 aliphatic rings. The first kappa shape index (κ1) is 14.9. The van der Waals surface area contributed by atoms with Crippen LogP contribution < -0.4 is 5.32 Å². The summed E-state index contributed by atoms with van der Waals surface area (Å²) >= 11 is 3.66. The number of likely N-dealkylation sites (tertiary alicyclic amines) is 1. The van der Waals surface area contributed by atoms with E-state index in [0.717, 1.165) is 0 Å². The van der Waals surface area contributed by atoms with Gasteiger partial charge in [0.15, 0.2) is 0 Å². The molecule has 19 heavy (non-hydrogen) atoms. The maximum atomic E-state index is 3.71. The smallest absolute Gasteiger partial charge is 0.0486 e. The lowest BCUT2D eigenvalue weighted by Gasteiger charge is -2.20. The molecule has 1 aromatic carbocycles. The minimum Gasteiger partial charge on any atom is -0.381 e. The molecule has 1 aliphatic heterocycles. The predicted molar refractivity (Wildman–Crippen MR) is 86.9 cm³/mol. The third-order valence-corrected chi connectivity index (χ3v) is 4.50. The highest BCUT2D eigenvalue weighted by Gasteiger charge is 2.16. The van der Waals surface area contributed by atoms with Crippen LogP contribution in [-0.4, -0.2) is 30.6 Å². The molecule has 1 fully saturated rings. The Morgan fingerprint density at radius 3 is 2.89 bits per heavy atom. The first-order valence-corrected chi connectivity index (χ1v) is 8.23. The molecule has 0 amide bonds. The van der Waals surface area contributed by atoms with E-state index in [4.69, 9.17) is 0 Å². The van der Waals surface area contributed by atoms with E-state index in [-0.39, 0.29) is 0 Å². The molecule has 2 nitrogen and oxygen atoms in total. The zero-order chi connectivity index (χ0) is 13.7. The zero-order valence-corrected chi connectivity index (χ0v) is 13.7. The second-order valence-electron chi connectivity index (χ2n) is 5.60. The van der Waals surface area contributed by atoms with Crippen LogP contribution in [0.15, 0.2) is 22.7 Å². The Bertz CT molecular complexity index is 406. The lowest BCUT2D eigenvalue weighted by molar-refractivity contribution is 0.285. The van der Waals surface area contributed by atoms with Crippen molar-refractivity contribution in [3.05, 3.63) is 28.2 Å². The van der Waals surface area contributed by atoms with Gasteiger partial charge in [-0.1, -0.05) is 13.0 Å². The molecule has 3 heteroatoms. The lowest BCUT2D eigenvalue weighted by atomic mass is 10.1. The quantitative estimate of drug-likeness (QED) is 0.881. The SMILES string of the molecule is CCCN1CCCC(Nc2ccc(C)cc2Br)CC1. The molecule has 1 aromatic rings. The fraction of sp³-hybridized carbons (Fsp3) is 0.625. The van der Waals surface area contributed by atoms with Gasteiger partial charge in [-0.3, -0.25) is 0 Å². The van der Waals surface area contributed by atoms with Gasteiger partial charge in [-0.15, -0.1) is 0 Å². The largest absolute Gasteiger partial charge is 0.381 e. The van der Waals surface area contributed by atoms with E-state index in [9.17, 15) is 0 Å². The van der Waals surface area contributed by atoms with Gasteiger partial charge in [-0.05, 0) is 79.3 Å². The zero-order valence-electron chi connectivity index (χ0n) is 12.1. The van der Waals surface area contributed by atoms with E-state index in [1.165, 1.54) is 61.0 Å². The van der Waals surface area contributed by atoms with E-state index in [1.807, 2.05) is 0 Å². The molecule has 106 valence electrons. The molecule has 1 atom stereocenters. The number of aryl methyl sites for hydroxylation is 1. The molecule has 0 spiro atoms. The third kappa shape index (κ3) is 4.50. The normalized spacial score (nSPS) is 21.1. The van der Waals surface area contributed by atoms with Crippen molar-refractivity contribution in [2.75, 3.05) is 25.0 Å². The summed E-state index contributed by atoms with van der Waals surface area (Å²) in [6.45, 7) is 8.14. The first-order chi connectivity index (χ1) is 9.19. The molecule has 1 unspecified atom stereocenters. The van der Waals surface area contributed by atoms with Crippen LogP contribution in [0.3, 0.4) is 0 Å². The Balaban J connectivity index is 1.92. The maximum absolute atomic E-state index is 3.71. The number of benzene rings is 1. The Morgan fingerprint density at radius 2 is 2.16 bits per heavy atom. The predicted octanol–water partition coefficient (Wildman–Crippen LogP) is 4.43. The number of halogens is 1. The van der Waals surface area contributed by atoms with Crippen LogP contribution in [0, 0.1) is 6.92 Å². The Hall–Kier alpha value is -0.540. The average molecular weight is 325 g/mol. The summed E-state index contributed by atoms with van der Waals surface area (Å²) in [4.78, 5) is 2.60. The standard InChI is InChI=1S/C16H25BrN2/c1-3-9-19-10-4-5-14(8-11-19)18-16-7-6-13(2)12-15(16)17/h6-7,12,14,18H,3-5,8-11H2,1-2H3. The highest BCUT2D eigenvalue weighted by Crippen LogP contribution is 2.26. The van der Waals surface area contributed by atoms with Gasteiger partial charge in [0.25, 0.3) is 0 Å². The number of nitrogens with one attached hydrogen (secondary N) is 1. The highest BCUT2D eigenvalue weighted by molar-refractivity contribution is 9.10. The molecular formula is C16H25BrN2. The topological polar surface area (TPSA) is 15.3 Å². The minimum absolute atomic E-state index is 0.612. The Labute approximate surface area is 125 Å². The van der Waals surface area contributed by atoms with E-state index in [1.54, 1.807) is 0 Å².